The zero-order valence-electron chi connectivity index (χ0n) is 14.1. The zero-order valence-corrected chi connectivity index (χ0v) is 14.1. The minimum atomic E-state index is -0.776. The summed E-state index contributed by atoms with van der Waals surface area (Å²) >= 11 is 0. The van der Waals surface area contributed by atoms with Crippen molar-refractivity contribution in [2.24, 2.45) is 0 Å². The minimum Gasteiger partial charge on any atom is -0.369 e. The van der Waals surface area contributed by atoms with Crippen molar-refractivity contribution in [3.63, 3.8) is 0 Å². The van der Waals surface area contributed by atoms with E-state index >= 15 is 0 Å². The first-order valence-corrected chi connectivity index (χ1v) is 8.39. The van der Waals surface area contributed by atoms with E-state index in [-0.39, 0.29) is 11.9 Å². The third-order valence-corrected chi connectivity index (χ3v) is 4.89. The second kappa shape index (κ2) is 5.87. The van der Waals surface area contributed by atoms with Crippen LogP contribution in [0.25, 0.3) is 0 Å². The standard InChI is InChI=1S/C18H25N3O2/c1-13-9-10-14-7-4-5-8-15(14)20(13)11-6-12-21-16(22)18(2,3)19-17(21)23/h4-5,7-8,13H,6,9-12H2,1-3H3,(H,19,23)/t13-/m0/s1. The minimum absolute atomic E-state index is 0.130. The van der Waals surface area contributed by atoms with E-state index in [2.05, 4.69) is 41.4 Å². The van der Waals surface area contributed by atoms with Gasteiger partial charge in [-0.15, -0.1) is 0 Å². The number of urea groups is 1. The van der Waals surface area contributed by atoms with Crippen LogP contribution in [-0.4, -0.2) is 41.5 Å². The lowest BCUT2D eigenvalue weighted by Crippen LogP contribution is -2.41. The van der Waals surface area contributed by atoms with Crippen molar-refractivity contribution in [3.05, 3.63) is 29.8 Å². The van der Waals surface area contributed by atoms with Crippen LogP contribution < -0.4 is 10.2 Å². The Balaban J connectivity index is 1.63. The van der Waals surface area contributed by atoms with Crippen molar-refractivity contribution in [1.29, 1.82) is 0 Å². The molecule has 0 unspecified atom stereocenters. The Hall–Kier alpha value is -2.04. The number of carbonyl (C=O) groups excluding carboxylic acids is 2. The van der Waals surface area contributed by atoms with Crippen molar-refractivity contribution in [2.45, 2.75) is 51.6 Å². The van der Waals surface area contributed by atoms with Crippen LogP contribution in [0, 0.1) is 0 Å². The highest BCUT2D eigenvalue weighted by molar-refractivity contribution is 6.06. The Morgan fingerprint density at radius 1 is 1.22 bits per heavy atom. The molecular weight excluding hydrogens is 290 g/mol. The Kier molecular flexibility index (Phi) is 4.04. The molecule has 1 aromatic carbocycles. The molecule has 23 heavy (non-hydrogen) atoms. The van der Waals surface area contributed by atoms with Gasteiger partial charge in [-0.2, -0.15) is 0 Å². The molecule has 124 valence electrons. The van der Waals surface area contributed by atoms with Crippen molar-refractivity contribution >= 4 is 17.6 Å². The van der Waals surface area contributed by atoms with E-state index in [1.807, 2.05) is 0 Å². The highest BCUT2D eigenvalue weighted by Crippen LogP contribution is 2.30. The molecule has 2 aliphatic heterocycles. The number of nitrogens with one attached hydrogen (secondary N) is 1. The highest BCUT2D eigenvalue weighted by Gasteiger charge is 2.43. The van der Waals surface area contributed by atoms with Crippen LogP contribution in [-0.2, 0) is 11.2 Å². The van der Waals surface area contributed by atoms with Crippen LogP contribution in [0.3, 0.4) is 0 Å². The Labute approximate surface area is 137 Å². The van der Waals surface area contributed by atoms with Gasteiger partial charge >= 0.3 is 6.03 Å². The second-order valence-electron chi connectivity index (χ2n) is 7.08. The summed E-state index contributed by atoms with van der Waals surface area (Å²) in [6, 6.07) is 8.74. The molecule has 1 saturated heterocycles. The third kappa shape index (κ3) is 2.92. The Bertz CT molecular complexity index is 626. The quantitative estimate of drug-likeness (QED) is 0.869. The number of hydrogen-bond acceptors (Lipinski definition) is 3. The molecule has 2 heterocycles. The summed E-state index contributed by atoms with van der Waals surface area (Å²) in [4.78, 5) is 27.9. The molecule has 0 saturated carbocycles. The molecular formula is C18H25N3O2. The van der Waals surface area contributed by atoms with Crippen LogP contribution >= 0.6 is 0 Å². The van der Waals surface area contributed by atoms with Gasteiger partial charge in [-0.1, -0.05) is 18.2 Å². The summed E-state index contributed by atoms with van der Waals surface area (Å²) in [7, 11) is 0. The van der Waals surface area contributed by atoms with Gasteiger partial charge in [0.25, 0.3) is 5.91 Å². The number of imide groups is 1. The molecule has 1 fully saturated rings. The Morgan fingerprint density at radius 2 is 1.96 bits per heavy atom. The number of benzene rings is 1. The zero-order chi connectivity index (χ0) is 16.6. The lowest BCUT2D eigenvalue weighted by molar-refractivity contribution is -0.130. The maximum Gasteiger partial charge on any atom is 0.325 e. The van der Waals surface area contributed by atoms with Crippen LogP contribution in [0.15, 0.2) is 24.3 Å². The lowest BCUT2D eigenvalue weighted by Gasteiger charge is -2.37. The molecule has 1 N–H and O–H groups in total. The van der Waals surface area contributed by atoms with E-state index in [1.165, 1.54) is 16.2 Å². The number of aryl methyl sites for hydroxylation is 1. The average Bonchev–Trinajstić information content (AvgIpc) is 2.71. The number of amides is 3. The lowest BCUT2D eigenvalue weighted by atomic mass is 9.96. The van der Waals surface area contributed by atoms with Gasteiger partial charge in [0, 0.05) is 24.8 Å². The molecule has 5 heteroatoms. The van der Waals surface area contributed by atoms with E-state index in [1.54, 1.807) is 13.8 Å². The fourth-order valence-electron chi connectivity index (χ4n) is 3.52. The number of nitrogens with zero attached hydrogens (tertiary/aromatic N) is 2. The smallest absolute Gasteiger partial charge is 0.325 e. The van der Waals surface area contributed by atoms with Gasteiger partial charge in [0.2, 0.25) is 0 Å². The molecule has 5 nitrogen and oxygen atoms in total. The van der Waals surface area contributed by atoms with Crippen LogP contribution in [0.2, 0.25) is 0 Å². The van der Waals surface area contributed by atoms with Gasteiger partial charge in [0.05, 0.1) is 0 Å². The summed E-state index contributed by atoms with van der Waals surface area (Å²) in [6.07, 6.45) is 3.05. The third-order valence-electron chi connectivity index (χ3n) is 4.89. The number of hydrogen-bond donors (Lipinski definition) is 1. The van der Waals surface area contributed by atoms with Crippen LogP contribution in [0.1, 0.15) is 39.2 Å². The molecule has 2 aliphatic rings. The predicted molar refractivity (Wildman–Crippen MR) is 90.5 cm³/mol. The molecule has 1 aromatic rings. The molecule has 0 aliphatic carbocycles. The fraction of sp³-hybridized carbons (Fsp3) is 0.556. The molecule has 0 radical (unpaired) electrons. The first-order chi connectivity index (χ1) is 10.9. The van der Waals surface area contributed by atoms with E-state index in [4.69, 9.17) is 0 Å². The van der Waals surface area contributed by atoms with Crippen molar-refractivity contribution < 1.29 is 9.59 Å². The molecule has 0 bridgehead atoms. The summed E-state index contributed by atoms with van der Waals surface area (Å²) in [6.45, 7) is 7.06. The van der Waals surface area contributed by atoms with E-state index in [0.29, 0.717) is 12.6 Å². The topological polar surface area (TPSA) is 52.6 Å². The van der Waals surface area contributed by atoms with Crippen molar-refractivity contribution in [2.75, 3.05) is 18.0 Å². The van der Waals surface area contributed by atoms with Crippen LogP contribution in [0.4, 0.5) is 10.5 Å². The highest BCUT2D eigenvalue weighted by atomic mass is 16.2. The largest absolute Gasteiger partial charge is 0.369 e. The van der Waals surface area contributed by atoms with Gasteiger partial charge < -0.3 is 10.2 Å². The molecule has 3 amide bonds. The normalized spacial score (nSPS) is 23.0. The summed E-state index contributed by atoms with van der Waals surface area (Å²) in [5, 5.41) is 2.73. The van der Waals surface area contributed by atoms with Gasteiger partial charge in [-0.3, -0.25) is 9.69 Å². The summed E-state index contributed by atoms with van der Waals surface area (Å²) in [5.74, 6) is -0.130. The van der Waals surface area contributed by atoms with E-state index in [0.717, 1.165) is 25.8 Å². The molecule has 3 rings (SSSR count). The Morgan fingerprint density at radius 3 is 2.65 bits per heavy atom. The first kappa shape index (κ1) is 15.8. The second-order valence-corrected chi connectivity index (χ2v) is 7.08. The predicted octanol–water partition coefficient (Wildman–Crippen LogP) is 2.55. The molecule has 1 atom stereocenters. The molecule has 0 aromatic heterocycles. The first-order valence-electron chi connectivity index (χ1n) is 8.39. The summed E-state index contributed by atoms with van der Waals surface area (Å²) < 4.78 is 0. The van der Waals surface area contributed by atoms with Crippen molar-refractivity contribution in [1.82, 2.24) is 10.2 Å². The SMILES string of the molecule is C[C@H]1CCc2ccccc2N1CCCN1C(=O)NC(C)(C)C1=O. The van der Waals surface area contributed by atoms with Crippen molar-refractivity contribution in [3.8, 4) is 0 Å². The summed E-state index contributed by atoms with van der Waals surface area (Å²) in [5.41, 5.74) is 1.91. The monoisotopic (exact) mass is 315 g/mol. The van der Waals surface area contributed by atoms with Gasteiger partial charge in [-0.25, -0.2) is 4.79 Å². The van der Waals surface area contributed by atoms with E-state index < -0.39 is 5.54 Å². The maximum atomic E-state index is 12.2. The number of carbonyl (C=O) groups is 2. The number of fused-ring (bicyclic) bond motifs is 1. The van der Waals surface area contributed by atoms with Gasteiger partial charge in [0.1, 0.15) is 5.54 Å². The van der Waals surface area contributed by atoms with Gasteiger partial charge in [0.15, 0.2) is 0 Å². The maximum absolute atomic E-state index is 12.2. The van der Waals surface area contributed by atoms with Gasteiger partial charge in [-0.05, 0) is 51.7 Å². The average molecular weight is 315 g/mol. The number of rotatable bonds is 4. The number of para-hydroxylation sites is 1. The fourth-order valence-corrected chi connectivity index (χ4v) is 3.52. The number of anilines is 1. The van der Waals surface area contributed by atoms with Crippen LogP contribution in [0.5, 0.6) is 0 Å². The van der Waals surface area contributed by atoms with E-state index in [9.17, 15) is 9.59 Å². The molecule has 0 spiro atoms.